The number of nitrogens with one attached hydrogen (secondary N) is 1. The van der Waals surface area contributed by atoms with Crippen molar-refractivity contribution in [3.63, 3.8) is 0 Å². The monoisotopic (exact) mass is 243 g/mol. The molecular formula is C9H10BrNS. The molecule has 0 spiro atoms. The fourth-order valence-electron chi connectivity index (χ4n) is 0.717. The first kappa shape index (κ1) is 9.81. The van der Waals surface area contributed by atoms with Gasteiger partial charge >= 0.3 is 0 Å². The van der Waals surface area contributed by atoms with E-state index in [0.717, 1.165) is 15.8 Å². The molecule has 1 aromatic rings. The van der Waals surface area contributed by atoms with Crippen LogP contribution in [-0.2, 0) is 0 Å². The Morgan fingerprint density at radius 3 is 2.50 bits per heavy atom. The summed E-state index contributed by atoms with van der Waals surface area (Å²) in [6.07, 6.45) is 0.806. The van der Waals surface area contributed by atoms with Crippen LogP contribution in [0.1, 0.15) is 13.3 Å². The summed E-state index contributed by atoms with van der Waals surface area (Å²) >= 11 is 4.88. The summed E-state index contributed by atoms with van der Waals surface area (Å²) in [6.45, 7) is 1.99. The van der Waals surface area contributed by atoms with Crippen LogP contribution in [0.25, 0.3) is 0 Å². The normalized spacial score (nSPS) is 9.83. The largest absolute Gasteiger partial charge is 0.298 e. The Balaban J connectivity index is 2.64. The Hall–Kier alpha value is -0.280. The van der Waals surface area contributed by atoms with Gasteiger partial charge in [-0.2, -0.15) is 0 Å². The molecule has 0 aliphatic heterocycles. The third kappa shape index (κ3) is 2.99. The van der Waals surface area contributed by atoms with E-state index in [4.69, 9.17) is 5.41 Å². The molecule has 1 N–H and O–H groups in total. The molecule has 12 heavy (non-hydrogen) atoms. The van der Waals surface area contributed by atoms with Crippen LogP contribution in [0, 0.1) is 5.41 Å². The molecule has 0 fully saturated rings. The van der Waals surface area contributed by atoms with Crippen LogP contribution in [0.15, 0.2) is 33.6 Å². The minimum atomic E-state index is 0.706. The standard InChI is InChI=1S/C9H10BrNS/c1-2-9(11)12-8-5-3-7(10)4-6-8/h3-6,11H,2H2,1H3. The molecule has 0 bridgehead atoms. The van der Waals surface area contributed by atoms with Crippen molar-refractivity contribution in [1.82, 2.24) is 0 Å². The molecule has 0 aromatic heterocycles. The average Bonchev–Trinajstić information content (AvgIpc) is 2.09. The summed E-state index contributed by atoms with van der Waals surface area (Å²) in [5, 5.41) is 8.19. The second kappa shape index (κ2) is 4.67. The Kier molecular flexibility index (Phi) is 3.82. The van der Waals surface area contributed by atoms with Gasteiger partial charge in [-0.25, -0.2) is 0 Å². The molecule has 1 nitrogen and oxygen atoms in total. The maximum Gasteiger partial charge on any atom is 0.0686 e. The van der Waals surface area contributed by atoms with Gasteiger partial charge in [0.15, 0.2) is 0 Å². The molecule has 1 rings (SSSR count). The number of rotatable bonds is 2. The van der Waals surface area contributed by atoms with Gasteiger partial charge in [-0.15, -0.1) is 0 Å². The number of benzene rings is 1. The minimum Gasteiger partial charge on any atom is -0.298 e. The van der Waals surface area contributed by atoms with Gasteiger partial charge in [-0.1, -0.05) is 34.6 Å². The van der Waals surface area contributed by atoms with Crippen molar-refractivity contribution in [2.24, 2.45) is 0 Å². The first-order valence-electron chi connectivity index (χ1n) is 3.73. The van der Waals surface area contributed by atoms with Gasteiger partial charge in [-0.3, -0.25) is 5.41 Å². The highest BCUT2D eigenvalue weighted by Crippen LogP contribution is 2.22. The lowest BCUT2D eigenvalue weighted by molar-refractivity contribution is 1.28. The number of hydrogen-bond acceptors (Lipinski definition) is 2. The average molecular weight is 244 g/mol. The lowest BCUT2D eigenvalue weighted by Crippen LogP contribution is -1.84. The molecule has 0 unspecified atom stereocenters. The quantitative estimate of drug-likeness (QED) is 0.475. The molecule has 0 aliphatic carbocycles. The molecule has 0 heterocycles. The van der Waals surface area contributed by atoms with Crippen LogP contribution in [-0.4, -0.2) is 5.04 Å². The lowest BCUT2D eigenvalue weighted by Gasteiger charge is -1.99. The van der Waals surface area contributed by atoms with Crippen molar-refractivity contribution in [1.29, 1.82) is 5.41 Å². The van der Waals surface area contributed by atoms with E-state index in [2.05, 4.69) is 15.9 Å². The smallest absolute Gasteiger partial charge is 0.0686 e. The zero-order valence-corrected chi connectivity index (χ0v) is 9.21. The fraction of sp³-hybridized carbons (Fsp3) is 0.222. The van der Waals surface area contributed by atoms with E-state index < -0.39 is 0 Å². The molecule has 0 atom stereocenters. The van der Waals surface area contributed by atoms with E-state index in [1.807, 2.05) is 31.2 Å². The van der Waals surface area contributed by atoms with Crippen molar-refractivity contribution in [2.45, 2.75) is 18.2 Å². The third-order valence-electron chi connectivity index (χ3n) is 1.38. The summed E-state index contributed by atoms with van der Waals surface area (Å²) in [7, 11) is 0. The van der Waals surface area contributed by atoms with Crippen LogP contribution in [0.5, 0.6) is 0 Å². The number of hydrogen-bond donors (Lipinski definition) is 1. The van der Waals surface area contributed by atoms with Gasteiger partial charge < -0.3 is 0 Å². The fourth-order valence-corrected chi connectivity index (χ4v) is 1.68. The Bertz CT molecular complexity index is 268. The first-order chi connectivity index (χ1) is 5.72. The second-order valence-electron chi connectivity index (χ2n) is 2.33. The molecule has 0 saturated heterocycles. The van der Waals surface area contributed by atoms with Gasteiger partial charge in [0.25, 0.3) is 0 Å². The zero-order chi connectivity index (χ0) is 8.97. The van der Waals surface area contributed by atoms with Crippen molar-refractivity contribution in [2.75, 3.05) is 0 Å². The minimum absolute atomic E-state index is 0.706. The highest BCUT2D eigenvalue weighted by Gasteiger charge is 1.96. The SMILES string of the molecule is CCC(=N)Sc1ccc(Br)cc1. The Morgan fingerprint density at radius 1 is 1.42 bits per heavy atom. The maximum atomic E-state index is 7.48. The molecule has 0 saturated carbocycles. The highest BCUT2D eigenvalue weighted by molar-refractivity contribution is 9.10. The molecule has 64 valence electrons. The van der Waals surface area contributed by atoms with E-state index in [-0.39, 0.29) is 0 Å². The van der Waals surface area contributed by atoms with Crippen LogP contribution in [0.3, 0.4) is 0 Å². The zero-order valence-electron chi connectivity index (χ0n) is 6.80. The molecule has 0 amide bonds. The Morgan fingerprint density at radius 2 is 2.00 bits per heavy atom. The van der Waals surface area contributed by atoms with E-state index >= 15 is 0 Å². The molecule has 1 aromatic carbocycles. The van der Waals surface area contributed by atoms with E-state index in [9.17, 15) is 0 Å². The molecular weight excluding hydrogens is 234 g/mol. The lowest BCUT2D eigenvalue weighted by atomic mass is 10.4. The highest BCUT2D eigenvalue weighted by atomic mass is 79.9. The van der Waals surface area contributed by atoms with E-state index in [0.29, 0.717) is 5.04 Å². The molecule has 0 aliphatic rings. The van der Waals surface area contributed by atoms with Crippen LogP contribution >= 0.6 is 27.7 Å². The molecule has 3 heteroatoms. The van der Waals surface area contributed by atoms with Gasteiger partial charge in [-0.05, 0) is 30.7 Å². The number of thioether (sulfide) groups is 1. The third-order valence-corrected chi connectivity index (χ3v) is 2.95. The van der Waals surface area contributed by atoms with Crippen molar-refractivity contribution in [3.8, 4) is 0 Å². The topological polar surface area (TPSA) is 23.9 Å². The summed E-state index contributed by atoms with van der Waals surface area (Å²) in [4.78, 5) is 1.13. The van der Waals surface area contributed by atoms with Crippen molar-refractivity contribution in [3.05, 3.63) is 28.7 Å². The van der Waals surface area contributed by atoms with E-state index in [1.165, 1.54) is 11.8 Å². The van der Waals surface area contributed by atoms with Crippen LogP contribution in [0.2, 0.25) is 0 Å². The number of halogens is 1. The summed E-state index contributed by atoms with van der Waals surface area (Å²) in [6, 6.07) is 8.01. The molecule has 0 radical (unpaired) electrons. The van der Waals surface area contributed by atoms with Gasteiger partial charge in [0.1, 0.15) is 0 Å². The van der Waals surface area contributed by atoms with Gasteiger partial charge in [0, 0.05) is 9.37 Å². The van der Waals surface area contributed by atoms with E-state index in [1.54, 1.807) is 0 Å². The summed E-state index contributed by atoms with van der Waals surface area (Å²) < 4.78 is 1.08. The summed E-state index contributed by atoms with van der Waals surface area (Å²) in [5.74, 6) is 0. The van der Waals surface area contributed by atoms with Crippen LogP contribution in [0.4, 0.5) is 0 Å². The predicted octanol–water partition coefficient (Wildman–Crippen LogP) is 3.93. The first-order valence-corrected chi connectivity index (χ1v) is 5.34. The maximum absolute atomic E-state index is 7.48. The van der Waals surface area contributed by atoms with Crippen molar-refractivity contribution >= 4 is 32.7 Å². The second-order valence-corrected chi connectivity index (χ2v) is 4.42. The van der Waals surface area contributed by atoms with Crippen LogP contribution < -0.4 is 0 Å². The van der Waals surface area contributed by atoms with Gasteiger partial charge in [0.05, 0.1) is 5.04 Å². The Labute approximate surface area is 85.2 Å². The van der Waals surface area contributed by atoms with Gasteiger partial charge in [0.2, 0.25) is 0 Å². The predicted molar refractivity (Wildman–Crippen MR) is 58.0 cm³/mol. The van der Waals surface area contributed by atoms with Crippen molar-refractivity contribution < 1.29 is 0 Å². The summed E-state index contributed by atoms with van der Waals surface area (Å²) in [5.41, 5.74) is 0.